The highest BCUT2D eigenvalue weighted by molar-refractivity contribution is 6.07. The number of amides is 1. The number of fused-ring (bicyclic) bond motifs is 1. The van der Waals surface area contributed by atoms with Gasteiger partial charge in [0.25, 0.3) is 5.91 Å². The van der Waals surface area contributed by atoms with E-state index < -0.39 is 0 Å². The minimum Gasteiger partial charge on any atom is -0.381 e. The number of rotatable bonds is 4. The smallest absolute Gasteiger partial charge is 0.252 e. The van der Waals surface area contributed by atoms with Crippen LogP contribution in [0.2, 0.25) is 0 Å². The summed E-state index contributed by atoms with van der Waals surface area (Å²) >= 11 is 0. The van der Waals surface area contributed by atoms with Crippen LogP contribution in [0.5, 0.6) is 0 Å². The molecule has 3 aromatic rings. The van der Waals surface area contributed by atoms with Gasteiger partial charge in [-0.1, -0.05) is 42.0 Å². The largest absolute Gasteiger partial charge is 0.381 e. The Morgan fingerprint density at radius 3 is 2.81 bits per heavy atom. The molecule has 2 heterocycles. The molecule has 0 saturated carbocycles. The van der Waals surface area contributed by atoms with Gasteiger partial charge in [0.05, 0.1) is 23.4 Å². The van der Waals surface area contributed by atoms with Gasteiger partial charge in [0.1, 0.15) is 0 Å². The van der Waals surface area contributed by atoms with Gasteiger partial charge >= 0.3 is 0 Å². The fourth-order valence-electron chi connectivity index (χ4n) is 3.68. The van der Waals surface area contributed by atoms with Crippen molar-refractivity contribution in [2.45, 2.75) is 20.3 Å². The Hall–Kier alpha value is -2.72. The first-order valence-corrected chi connectivity index (χ1v) is 9.45. The van der Waals surface area contributed by atoms with Gasteiger partial charge in [0.15, 0.2) is 0 Å². The second-order valence-electron chi connectivity index (χ2n) is 7.33. The number of nitrogens with zero attached hydrogens (tertiary/aromatic N) is 1. The topological polar surface area (TPSA) is 51.2 Å². The molecule has 1 N–H and O–H groups in total. The van der Waals surface area contributed by atoms with Crippen molar-refractivity contribution in [1.82, 2.24) is 10.3 Å². The average Bonchev–Trinajstić information content (AvgIpc) is 3.19. The fraction of sp³-hybridized carbons (Fsp3) is 0.304. The second-order valence-corrected chi connectivity index (χ2v) is 7.33. The number of aromatic nitrogens is 1. The molecule has 0 aliphatic carbocycles. The number of para-hydroxylation sites is 1. The Morgan fingerprint density at radius 1 is 1.19 bits per heavy atom. The van der Waals surface area contributed by atoms with E-state index in [-0.39, 0.29) is 5.91 Å². The molecule has 4 heteroatoms. The Kier molecular flexibility index (Phi) is 4.90. The molecule has 1 aromatic heterocycles. The zero-order valence-electron chi connectivity index (χ0n) is 15.8. The van der Waals surface area contributed by atoms with Gasteiger partial charge in [0.2, 0.25) is 0 Å². The van der Waals surface area contributed by atoms with Crippen LogP contribution in [0, 0.1) is 19.8 Å². The molecule has 4 rings (SSSR count). The van der Waals surface area contributed by atoms with Gasteiger partial charge in [-0.15, -0.1) is 0 Å². The zero-order valence-corrected chi connectivity index (χ0v) is 15.8. The molecule has 1 fully saturated rings. The summed E-state index contributed by atoms with van der Waals surface area (Å²) in [5.74, 6) is 0.354. The third-order valence-corrected chi connectivity index (χ3v) is 5.19. The molecule has 0 radical (unpaired) electrons. The zero-order chi connectivity index (χ0) is 18.8. The van der Waals surface area contributed by atoms with E-state index in [1.807, 2.05) is 30.3 Å². The molecular weight excluding hydrogens is 336 g/mol. The van der Waals surface area contributed by atoms with Crippen LogP contribution in [-0.2, 0) is 4.74 Å². The van der Waals surface area contributed by atoms with E-state index in [1.54, 1.807) is 0 Å². The lowest BCUT2D eigenvalue weighted by Gasteiger charge is -2.13. The van der Waals surface area contributed by atoms with Gasteiger partial charge in [-0.25, -0.2) is 4.98 Å². The summed E-state index contributed by atoms with van der Waals surface area (Å²) in [6, 6.07) is 16.1. The minimum absolute atomic E-state index is 0.0495. The summed E-state index contributed by atoms with van der Waals surface area (Å²) in [6.45, 7) is 6.32. The quantitative estimate of drug-likeness (QED) is 0.755. The normalized spacial score (nSPS) is 16.6. The Labute approximate surface area is 159 Å². The van der Waals surface area contributed by atoms with Gasteiger partial charge in [-0.2, -0.15) is 0 Å². The van der Waals surface area contributed by atoms with Crippen molar-refractivity contribution in [2.24, 2.45) is 5.92 Å². The lowest BCUT2D eigenvalue weighted by molar-refractivity contribution is 0.0946. The highest BCUT2D eigenvalue weighted by Crippen LogP contribution is 2.27. The van der Waals surface area contributed by atoms with Crippen LogP contribution in [-0.4, -0.2) is 30.6 Å². The van der Waals surface area contributed by atoms with Crippen molar-refractivity contribution in [2.75, 3.05) is 19.8 Å². The molecule has 138 valence electrons. The Bertz CT molecular complexity index is 991. The first kappa shape index (κ1) is 17.7. The summed E-state index contributed by atoms with van der Waals surface area (Å²) in [6.07, 6.45) is 1.01. The number of pyridine rings is 1. The van der Waals surface area contributed by atoms with E-state index in [2.05, 4.69) is 37.4 Å². The predicted octanol–water partition coefficient (Wildman–Crippen LogP) is 4.28. The van der Waals surface area contributed by atoms with Gasteiger partial charge in [-0.3, -0.25) is 4.79 Å². The van der Waals surface area contributed by atoms with Crippen LogP contribution in [0.15, 0.2) is 48.5 Å². The number of benzene rings is 2. The van der Waals surface area contributed by atoms with E-state index in [9.17, 15) is 4.79 Å². The molecule has 1 aliphatic rings. The molecule has 2 aromatic carbocycles. The number of carbonyl (C=O) groups is 1. The summed E-state index contributed by atoms with van der Waals surface area (Å²) in [5, 5.41) is 3.97. The maximum atomic E-state index is 13.0. The van der Waals surface area contributed by atoms with Crippen LogP contribution in [0.4, 0.5) is 0 Å². The predicted molar refractivity (Wildman–Crippen MR) is 108 cm³/mol. The van der Waals surface area contributed by atoms with Crippen LogP contribution in [0.3, 0.4) is 0 Å². The number of hydrogen-bond donors (Lipinski definition) is 1. The van der Waals surface area contributed by atoms with Crippen LogP contribution >= 0.6 is 0 Å². The molecular formula is C23H24N2O2. The monoisotopic (exact) mass is 360 g/mol. The standard InChI is InChI=1S/C23H24N2O2/c1-15-7-8-18(16(2)11-15)22-12-20(19-5-3-4-6-21(19)25-22)23(26)24-13-17-9-10-27-14-17/h3-8,11-12,17H,9-10,13-14H2,1-2H3,(H,24,26). The van der Waals surface area contributed by atoms with E-state index in [1.165, 1.54) is 5.56 Å². The summed E-state index contributed by atoms with van der Waals surface area (Å²) in [5.41, 5.74) is 5.78. The third-order valence-electron chi connectivity index (χ3n) is 5.19. The molecule has 27 heavy (non-hydrogen) atoms. The molecule has 4 nitrogen and oxygen atoms in total. The van der Waals surface area contributed by atoms with Crippen molar-refractivity contribution < 1.29 is 9.53 Å². The fourth-order valence-corrected chi connectivity index (χ4v) is 3.68. The first-order chi connectivity index (χ1) is 13.1. The van der Waals surface area contributed by atoms with Gasteiger partial charge < -0.3 is 10.1 Å². The highest BCUT2D eigenvalue weighted by atomic mass is 16.5. The van der Waals surface area contributed by atoms with E-state index in [4.69, 9.17) is 9.72 Å². The summed E-state index contributed by atoms with van der Waals surface area (Å²) in [7, 11) is 0. The van der Waals surface area contributed by atoms with Crippen molar-refractivity contribution in [1.29, 1.82) is 0 Å². The van der Waals surface area contributed by atoms with E-state index in [0.717, 1.165) is 47.4 Å². The van der Waals surface area contributed by atoms with Crippen molar-refractivity contribution >= 4 is 16.8 Å². The van der Waals surface area contributed by atoms with Crippen molar-refractivity contribution in [3.8, 4) is 11.3 Å². The minimum atomic E-state index is -0.0495. The second kappa shape index (κ2) is 7.49. The Balaban J connectivity index is 1.73. The van der Waals surface area contributed by atoms with Gasteiger partial charge in [-0.05, 0) is 38.0 Å². The van der Waals surface area contributed by atoms with Crippen LogP contribution in [0.25, 0.3) is 22.2 Å². The lowest BCUT2D eigenvalue weighted by atomic mass is 9.99. The third kappa shape index (κ3) is 3.71. The van der Waals surface area contributed by atoms with Crippen LogP contribution < -0.4 is 5.32 Å². The van der Waals surface area contributed by atoms with Crippen LogP contribution in [0.1, 0.15) is 27.9 Å². The maximum Gasteiger partial charge on any atom is 0.252 e. The average molecular weight is 360 g/mol. The SMILES string of the molecule is Cc1ccc(-c2cc(C(=O)NCC3CCOC3)c3ccccc3n2)c(C)c1. The molecule has 0 bridgehead atoms. The maximum absolute atomic E-state index is 13.0. The molecule has 1 amide bonds. The lowest BCUT2D eigenvalue weighted by Crippen LogP contribution is -2.29. The highest BCUT2D eigenvalue weighted by Gasteiger charge is 2.19. The first-order valence-electron chi connectivity index (χ1n) is 9.45. The summed E-state index contributed by atoms with van der Waals surface area (Å²) < 4.78 is 5.40. The number of ether oxygens (including phenoxy) is 1. The Morgan fingerprint density at radius 2 is 2.04 bits per heavy atom. The molecule has 1 aliphatic heterocycles. The van der Waals surface area contributed by atoms with Crippen molar-refractivity contribution in [3.63, 3.8) is 0 Å². The summed E-state index contributed by atoms with van der Waals surface area (Å²) in [4.78, 5) is 17.8. The number of nitrogens with one attached hydrogen (secondary N) is 1. The molecule has 0 spiro atoms. The molecule has 1 unspecified atom stereocenters. The number of hydrogen-bond acceptors (Lipinski definition) is 3. The van der Waals surface area contributed by atoms with Gasteiger partial charge in [0, 0.05) is 30.0 Å². The molecule has 1 atom stereocenters. The van der Waals surface area contributed by atoms with E-state index >= 15 is 0 Å². The number of aryl methyl sites for hydroxylation is 2. The number of carbonyl (C=O) groups excluding carboxylic acids is 1. The molecule has 1 saturated heterocycles. The van der Waals surface area contributed by atoms with Crippen molar-refractivity contribution in [3.05, 3.63) is 65.2 Å². The van der Waals surface area contributed by atoms with E-state index in [0.29, 0.717) is 18.0 Å².